The Morgan fingerprint density at radius 3 is 2.63 bits per heavy atom. The monoisotopic (exact) mass is 419 g/mol. The molecule has 8 heteroatoms. The number of carbonyl (C=O) groups excluding carboxylic acids is 1. The Morgan fingerprint density at radius 1 is 1.10 bits per heavy atom. The van der Waals surface area contributed by atoms with Crippen LogP contribution in [-0.2, 0) is 11.3 Å². The lowest BCUT2D eigenvalue weighted by atomic mass is 10.0. The van der Waals surface area contributed by atoms with Crippen LogP contribution in [0.1, 0.15) is 23.6 Å². The Kier molecular flexibility index (Phi) is 4.59. The summed E-state index contributed by atoms with van der Waals surface area (Å²) in [7, 11) is 0. The Bertz CT molecular complexity index is 1280. The van der Waals surface area contributed by atoms with Crippen LogP contribution >= 0.6 is 11.6 Å². The summed E-state index contributed by atoms with van der Waals surface area (Å²) in [6.45, 7) is 1.06. The summed E-state index contributed by atoms with van der Waals surface area (Å²) in [4.78, 5) is 35.8. The van der Waals surface area contributed by atoms with Crippen LogP contribution in [0.3, 0.4) is 0 Å². The molecular weight excluding hydrogens is 402 g/mol. The number of rotatable bonds is 4. The third-order valence-electron chi connectivity index (χ3n) is 5.43. The molecule has 7 nitrogen and oxygen atoms in total. The number of amides is 1. The first-order valence-corrected chi connectivity index (χ1v) is 10.00. The Balaban J connectivity index is 1.47. The number of aromatic nitrogens is 4. The third-order valence-corrected chi connectivity index (χ3v) is 5.68. The molecule has 1 amide bonds. The van der Waals surface area contributed by atoms with Gasteiger partial charge < -0.3 is 4.90 Å². The van der Waals surface area contributed by atoms with Gasteiger partial charge in [0, 0.05) is 60.7 Å². The maximum atomic E-state index is 12.7. The van der Waals surface area contributed by atoms with E-state index in [9.17, 15) is 9.59 Å². The number of fused-ring (bicyclic) bond motifs is 1. The zero-order valence-corrected chi connectivity index (χ0v) is 16.7. The molecule has 1 fully saturated rings. The number of aromatic amines is 1. The van der Waals surface area contributed by atoms with Crippen molar-refractivity contribution in [3.05, 3.63) is 87.7 Å². The Labute approximate surface area is 176 Å². The SMILES string of the molecule is O=C1CC(c2cc(=O)n3[nH]cc(-c4ccc(Cl)cc4)c3n2)CN1Cc1ccncc1. The van der Waals surface area contributed by atoms with Crippen molar-refractivity contribution < 1.29 is 4.79 Å². The van der Waals surface area contributed by atoms with Crippen molar-refractivity contribution >= 4 is 23.2 Å². The molecule has 5 rings (SSSR count). The molecule has 4 aromatic rings. The second-order valence-corrected chi connectivity index (χ2v) is 7.84. The standard InChI is InChI=1S/C22H18ClN5O2/c23-17-3-1-15(2-4-17)18-11-25-28-21(30)10-19(26-22(18)28)16-9-20(29)27(13-16)12-14-5-7-24-8-6-14/h1-8,10-11,16,25H,9,12-13H2. The number of benzene rings is 1. The van der Waals surface area contributed by atoms with Crippen molar-refractivity contribution in [2.75, 3.05) is 6.54 Å². The van der Waals surface area contributed by atoms with Crippen molar-refractivity contribution in [2.45, 2.75) is 18.9 Å². The van der Waals surface area contributed by atoms with Gasteiger partial charge in [0.2, 0.25) is 5.91 Å². The molecule has 0 bridgehead atoms. The van der Waals surface area contributed by atoms with Gasteiger partial charge in [0.25, 0.3) is 5.56 Å². The number of likely N-dealkylation sites (tertiary alicyclic amines) is 1. The molecule has 1 aliphatic heterocycles. The number of hydrogen-bond donors (Lipinski definition) is 1. The molecule has 1 saturated heterocycles. The number of carbonyl (C=O) groups is 1. The van der Waals surface area contributed by atoms with Crippen molar-refractivity contribution in [1.82, 2.24) is 24.5 Å². The summed E-state index contributed by atoms with van der Waals surface area (Å²) in [6.07, 6.45) is 5.53. The highest BCUT2D eigenvalue weighted by atomic mass is 35.5. The van der Waals surface area contributed by atoms with E-state index in [0.29, 0.717) is 35.9 Å². The number of pyridine rings is 1. The van der Waals surface area contributed by atoms with E-state index in [1.165, 1.54) is 10.6 Å². The number of nitrogens with zero attached hydrogens (tertiary/aromatic N) is 4. The van der Waals surface area contributed by atoms with Crippen LogP contribution in [0.4, 0.5) is 0 Å². The van der Waals surface area contributed by atoms with Gasteiger partial charge in [-0.2, -0.15) is 0 Å². The van der Waals surface area contributed by atoms with E-state index in [0.717, 1.165) is 16.7 Å². The van der Waals surface area contributed by atoms with Gasteiger partial charge in [0.05, 0.1) is 5.69 Å². The first kappa shape index (κ1) is 18.6. The highest BCUT2D eigenvalue weighted by Crippen LogP contribution is 2.30. The van der Waals surface area contributed by atoms with Crippen molar-refractivity contribution in [2.24, 2.45) is 0 Å². The summed E-state index contributed by atoms with van der Waals surface area (Å²) >= 11 is 5.99. The zero-order chi connectivity index (χ0) is 20.7. The molecule has 1 aromatic carbocycles. The van der Waals surface area contributed by atoms with Crippen LogP contribution in [0, 0.1) is 0 Å². The molecule has 0 saturated carbocycles. The van der Waals surface area contributed by atoms with Gasteiger partial charge in [-0.25, -0.2) is 9.50 Å². The maximum absolute atomic E-state index is 12.7. The molecular formula is C22H18ClN5O2. The smallest absolute Gasteiger partial charge is 0.272 e. The lowest BCUT2D eigenvalue weighted by molar-refractivity contribution is -0.128. The van der Waals surface area contributed by atoms with E-state index in [1.807, 2.05) is 24.3 Å². The zero-order valence-electron chi connectivity index (χ0n) is 16.0. The predicted octanol–water partition coefficient (Wildman–Crippen LogP) is 3.25. The molecule has 1 aliphatic rings. The summed E-state index contributed by atoms with van der Waals surface area (Å²) in [5.74, 6) is -0.0594. The molecule has 150 valence electrons. The van der Waals surface area contributed by atoms with Crippen molar-refractivity contribution in [3.8, 4) is 11.1 Å². The predicted molar refractivity (Wildman–Crippen MR) is 113 cm³/mol. The van der Waals surface area contributed by atoms with E-state index in [1.54, 1.807) is 35.6 Å². The van der Waals surface area contributed by atoms with Gasteiger partial charge in [-0.1, -0.05) is 23.7 Å². The van der Waals surface area contributed by atoms with Crippen LogP contribution < -0.4 is 5.56 Å². The molecule has 0 spiro atoms. The minimum absolute atomic E-state index is 0.0609. The Morgan fingerprint density at radius 2 is 1.87 bits per heavy atom. The minimum Gasteiger partial charge on any atom is -0.338 e. The molecule has 1 atom stereocenters. The molecule has 4 heterocycles. The number of hydrogen-bond acceptors (Lipinski definition) is 4. The van der Waals surface area contributed by atoms with Crippen LogP contribution in [-0.4, -0.2) is 36.9 Å². The Hall–Kier alpha value is -3.45. The average molecular weight is 420 g/mol. The normalized spacial score (nSPS) is 16.5. The van der Waals surface area contributed by atoms with Crippen LogP contribution in [0.5, 0.6) is 0 Å². The highest BCUT2D eigenvalue weighted by molar-refractivity contribution is 6.30. The molecule has 3 aromatic heterocycles. The molecule has 1 unspecified atom stereocenters. The fraction of sp³-hybridized carbons (Fsp3) is 0.182. The van der Waals surface area contributed by atoms with Crippen LogP contribution in [0.2, 0.25) is 5.02 Å². The second kappa shape index (κ2) is 7.42. The lowest BCUT2D eigenvalue weighted by Crippen LogP contribution is -2.24. The third kappa shape index (κ3) is 3.37. The second-order valence-electron chi connectivity index (χ2n) is 7.40. The number of halogens is 1. The summed E-state index contributed by atoms with van der Waals surface area (Å²) in [5.41, 5.74) is 3.72. The first-order chi connectivity index (χ1) is 14.6. The fourth-order valence-electron chi connectivity index (χ4n) is 3.88. The topological polar surface area (TPSA) is 83.4 Å². The van der Waals surface area contributed by atoms with Crippen LogP contribution in [0.25, 0.3) is 16.8 Å². The molecule has 0 aliphatic carbocycles. The fourth-order valence-corrected chi connectivity index (χ4v) is 4.01. The molecule has 1 N–H and O–H groups in total. The van der Waals surface area contributed by atoms with E-state index in [-0.39, 0.29) is 17.4 Å². The summed E-state index contributed by atoms with van der Waals surface area (Å²) in [5, 5.41) is 3.60. The average Bonchev–Trinajstić information content (AvgIpc) is 3.34. The molecule has 0 radical (unpaired) electrons. The number of H-pyrrole nitrogens is 1. The van der Waals surface area contributed by atoms with E-state index < -0.39 is 0 Å². The summed E-state index contributed by atoms with van der Waals surface area (Å²) < 4.78 is 1.42. The lowest BCUT2D eigenvalue weighted by Gasteiger charge is -2.16. The largest absolute Gasteiger partial charge is 0.338 e. The van der Waals surface area contributed by atoms with Gasteiger partial charge in [-0.3, -0.25) is 19.7 Å². The van der Waals surface area contributed by atoms with E-state index in [4.69, 9.17) is 16.6 Å². The quantitative estimate of drug-likeness (QED) is 0.550. The van der Waals surface area contributed by atoms with E-state index >= 15 is 0 Å². The highest BCUT2D eigenvalue weighted by Gasteiger charge is 2.32. The van der Waals surface area contributed by atoms with Gasteiger partial charge in [-0.05, 0) is 35.4 Å². The summed E-state index contributed by atoms with van der Waals surface area (Å²) in [6, 6.07) is 12.7. The van der Waals surface area contributed by atoms with Gasteiger partial charge >= 0.3 is 0 Å². The minimum atomic E-state index is -0.199. The van der Waals surface area contributed by atoms with Gasteiger partial charge in [0.15, 0.2) is 5.65 Å². The van der Waals surface area contributed by atoms with Crippen LogP contribution in [0.15, 0.2) is 65.8 Å². The first-order valence-electron chi connectivity index (χ1n) is 9.62. The number of nitrogens with one attached hydrogen (secondary N) is 1. The van der Waals surface area contributed by atoms with Gasteiger partial charge in [-0.15, -0.1) is 0 Å². The van der Waals surface area contributed by atoms with Gasteiger partial charge in [0.1, 0.15) is 0 Å². The van der Waals surface area contributed by atoms with Crippen molar-refractivity contribution in [1.29, 1.82) is 0 Å². The van der Waals surface area contributed by atoms with Crippen molar-refractivity contribution in [3.63, 3.8) is 0 Å². The molecule has 30 heavy (non-hydrogen) atoms. The van der Waals surface area contributed by atoms with E-state index in [2.05, 4.69) is 10.1 Å². The maximum Gasteiger partial charge on any atom is 0.272 e.